The zero-order valence-corrected chi connectivity index (χ0v) is 12.2. The minimum atomic E-state index is 0.650. The highest BCUT2D eigenvalue weighted by Crippen LogP contribution is 2.43. The van der Waals surface area contributed by atoms with Gasteiger partial charge in [0, 0.05) is 34.7 Å². The average molecular weight is 276 g/mol. The van der Waals surface area contributed by atoms with Gasteiger partial charge in [0.05, 0.1) is 11.7 Å². The van der Waals surface area contributed by atoms with Crippen LogP contribution in [0, 0.1) is 13.8 Å². The lowest BCUT2D eigenvalue weighted by Crippen LogP contribution is -1.98. The average Bonchev–Trinajstić information content (AvgIpc) is 3.31. The van der Waals surface area contributed by atoms with Crippen LogP contribution in [0.5, 0.6) is 0 Å². The molecule has 3 aromatic rings. The van der Waals surface area contributed by atoms with Crippen LogP contribution in [0.3, 0.4) is 0 Å². The summed E-state index contributed by atoms with van der Waals surface area (Å²) in [5.41, 5.74) is 5.26. The van der Waals surface area contributed by atoms with Gasteiger partial charge in [-0.3, -0.25) is 9.97 Å². The molecule has 0 unspecified atom stereocenters. The quantitative estimate of drug-likeness (QED) is 0.718. The molecule has 0 atom stereocenters. The van der Waals surface area contributed by atoms with Gasteiger partial charge < -0.3 is 0 Å². The van der Waals surface area contributed by atoms with Crippen molar-refractivity contribution >= 4 is 10.9 Å². The Balaban J connectivity index is 1.93. The first-order chi connectivity index (χ1) is 10.2. The highest BCUT2D eigenvalue weighted by molar-refractivity contribution is 5.85. The van der Waals surface area contributed by atoms with Gasteiger partial charge in [-0.25, -0.2) is 9.97 Å². The van der Waals surface area contributed by atoms with Crippen molar-refractivity contribution in [1.82, 2.24) is 19.9 Å². The Kier molecular flexibility index (Phi) is 2.70. The SMILES string of the molecule is Cc1cc(-c2nc(C)c3c(C4CC4)cncc3n2)ccn1. The lowest BCUT2D eigenvalue weighted by atomic mass is 10.1. The fourth-order valence-corrected chi connectivity index (χ4v) is 2.82. The fraction of sp³-hybridized carbons (Fsp3) is 0.294. The molecule has 0 bridgehead atoms. The number of rotatable bonds is 2. The van der Waals surface area contributed by atoms with Crippen LogP contribution in [-0.4, -0.2) is 19.9 Å². The maximum absolute atomic E-state index is 4.72. The minimum absolute atomic E-state index is 0.650. The van der Waals surface area contributed by atoms with Gasteiger partial charge in [0.25, 0.3) is 0 Å². The van der Waals surface area contributed by atoms with Crippen molar-refractivity contribution in [3.8, 4) is 11.4 Å². The third-order valence-corrected chi connectivity index (χ3v) is 3.99. The van der Waals surface area contributed by atoms with Crippen molar-refractivity contribution < 1.29 is 0 Å². The van der Waals surface area contributed by atoms with Crippen LogP contribution >= 0.6 is 0 Å². The normalized spacial score (nSPS) is 14.6. The van der Waals surface area contributed by atoms with E-state index < -0.39 is 0 Å². The van der Waals surface area contributed by atoms with E-state index >= 15 is 0 Å². The van der Waals surface area contributed by atoms with Gasteiger partial charge >= 0.3 is 0 Å². The van der Waals surface area contributed by atoms with Crippen molar-refractivity contribution in [2.45, 2.75) is 32.6 Å². The summed E-state index contributed by atoms with van der Waals surface area (Å²) in [7, 11) is 0. The second kappa shape index (κ2) is 4.58. The maximum Gasteiger partial charge on any atom is 0.160 e. The Morgan fingerprint density at radius 3 is 2.71 bits per heavy atom. The molecule has 0 aromatic carbocycles. The summed E-state index contributed by atoms with van der Waals surface area (Å²) in [5.74, 6) is 1.40. The number of aromatic nitrogens is 4. The monoisotopic (exact) mass is 276 g/mol. The first kappa shape index (κ1) is 12.4. The van der Waals surface area contributed by atoms with Gasteiger partial charge in [0.15, 0.2) is 5.82 Å². The Morgan fingerprint density at radius 1 is 1.10 bits per heavy atom. The summed E-state index contributed by atoms with van der Waals surface area (Å²) in [6, 6.07) is 3.96. The maximum atomic E-state index is 4.72. The summed E-state index contributed by atoms with van der Waals surface area (Å²) in [6.45, 7) is 4.04. The van der Waals surface area contributed by atoms with E-state index in [1.54, 1.807) is 6.20 Å². The fourth-order valence-electron chi connectivity index (χ4n) is 2.82. The molecule has 21 heavy (non-hydrogen) atoms. The minimum Gasteiger partial charge on any atom is -0.262 e. The summed E-state index contributed by atoms with van der Waals surface area (Å²) < 4.78 is 0. The Hall–Kier alpha value is -2.36. The molecule has 4 nitrogen and oxygen atoms in total. The predicted octanol–water partition coefficient (Wildman–Crippen LogP) is 3.58. The lowest BCUT2D eigenvalue weighted by Gasteiger charge is -2.09. The van der Waals surface area contributed by atoms with E-state index in [9.17, 15) is 0 Å². The van der Waals surface area contributed by atoms with E-state index in [1.807, 2.05) is 31.5 Å². The van der Waals surface area contributed by atoms with Crippen LogP contribution < -0.4 is 0 Å². The summed E-state index contributed by atoms with van der Waals surface area (Å²) in [6.07, 6.45) is 8.13. The van der Waals surface area contributed by atoms with Crippen LogP contribution in [0.4, 0.5) is 0 Å². The summed E-state index contributed by atoms with van der Waals surface area (Å²) >= 11 is 0. The molecule has 1 aliphatic rings. The first-order valence-corrected chi connectivity index (χ1v) is 7.27. The Labute approximate surface area is 123 Å². The van der Waals surface area contributed by atoms with Crippen LogP contribution in [0.25, 0.3) is 22.3 Å². The molecule has 1 aliphatic carbocycles. The smallest absolute Gasteiger partial charge is 0.160 e. The molecule has 1 saturated carbocycles. The van der Waals surface area contributed by atoms with Crippen LogP contribution in [0.2, 0.25) is 0 Å². The van der Waals surface area contributed by atoms with Gasteiger partial charge in [-0.15, -0.1) is 0 Å². The molecule has 3 heterocycles. The molecule has 4 heteroatoms. The molecule has 3 aromatic heterocycles. The first-order valence-electron chi connectivity index (χ1n) is 7.27. The third-order valence-electron chi connectivity index (χ3n) is 3.99. The van der Waals surface area contributed by atoms with E-state index in [4.69, 9.17) is 9.97 Å². The van der Waals surface area contributed by atoms with E-state index in [-0.39, 0.29) is 0 Å². The van der Waals surface area contributed by atoms with E-state index in [1.165, 1.54) is 23.8 Å². The molecule has 1 fully saturated rings. The number of hydrogen-bond donors (Lipinski definition) is 0. The van der Waals surface area contributed by atoms with Crippen molar-refractivity contribution in [2.75, 3.05) is 0 Å². The van der Waals surface area contributed by atoms with Gasteiger partial charge in [-0.1, -0.05) is 0 Å². The molecule has 0 radical (unpaired) electrons. The largest absolute Gasteiger partial charge is 0.262 e. The zero-order valence-electron chi connectivity index (χ0n) is 12.2. The van der Waals surface area contributed by atoms with Crippen LogP contribution in [0.15, 0.2) is 30.7 Å². The zero-order chi connectivity index (χ0) is 14.4. The van der Waals surface area contributed by atoms with E-state index in [2.05, 4.69) is 16.9 Å². The van der Waals surface area contributed by atoms with Crippen molar-refractivity contribution in [3.63, 3.8) is 0 Å². The number of nitrogens with zero attached hydrogens (tertiary/aromatic N) is 4. The number of pyridine rings is 2. The molecule has 0 N–H and O–H groups in total. The molecule has 0 saturated heterocycles. The third kappa shape index (κ3) is 2.17. The molecule has 104 valence electrons. The second-order valence-electron chi connectivity index (χ2n) is 5.72. The van der Waals surface area contributed by atoms with Crippen LogP contribution in [-0.2, 0) is 0 Å². The molecular formula is C17H16N4. The Morgan fingerprint density at radius 2 is 1.95 bits per heavy atom. The van der Waals surface area contributed by atoms with Gasteiger partial charge in [0.2, 0.25) is 0 Å². The van der Waals surface area contributed by atoms with E-state index in [0.29, 0.717) is 5.92 Å². The number of hydrogen-bond acceptors (Lipinski definition) is 4. The van der Waals surface area contributed by atoms with Crippen molar-refractivity contribution in [2.24, 2.45) is 0 Å². The predicted molar refractivity (Wildman–Crippen MR) is 82.0 cm³/mol. The van der Waals surface area contributed by atoms with Crippen molar-refractivity contribution in [1.29, 1.82) is 0 Å². The molecular weight excluding hydrogens is 260 g/mol. The van der Waals surface area contributed by atoms with Crippen LogP contribution in [0.1, 0.15) is 35.7 Å². The molecule has 0 amide bonds. The lowest BCUT2D eigenvalue weighted by molar-refractivity contribution is 1.08. The standard InChI is InChI=1S/C17H16N4/c1-10-7-13(5-6-19-10)17-20-11(2)16-14(12-3-4-12)8-18-9-15(16)21-17/h5-9,12H,3-4H2,1-2H3. The summed E-state index contributed by atoms with van der Waals surface area (Å²) in [4.78, 5) is 18.0. The molecule has 0 spiro atoms. The summed E-state index contributed by atoms with van der Waals surface area (Å²) in [5, 5.41) is 1.18. The highest BCUT2D eigenvalue weighted by Gasteiger charge is 2.27. The van der Waals surface area contributed by atoms with Gasteiger partial charge in [-0.05, 0) is 50.3 Å². The molecule has 0 aliphatic heterocycles. The highest BCUT2D eigenvalue weighted by atomic mass is 14.9. The van der Waals surface area contributed by atoms with E-state index in [0.717, 1.165) is 28.3 Å². The number of fused-ring (bicyclic) bond motifs is 1. The molecule has 4 rings (SSSR count). The number of aryl methyl sites for hydroxylation is 2. The Bertz CT molecular complexity index is 837. The van der Waals surface area contributed by atoms with Crippen molar-refractivity contribution in [3.05, 3.63) is 47.7 Å². The second-order valence-corrected chi connectivity index (χ2v) is 5.72. The van der Waals surface area contributed by atoms with Gasteiger partial charge in [0.1, 0.15) is 0 Å². The van der Waals surface area contributed by atoms with Gasteiger partial charge in [-0.2, -0.15) is 0 Å². The topological polar surface area (TPSA) is 51.6 Å².